The van der Waals surface area contributed by atoms with Gasteiger partial charge in [-0.1, -0.05) is 6.07 Å². The molecule has 2 heterocycles. The summed E-state index contributed by atoms with van der Waals surface area (Å²) in [6, 6.07) is 3.69. The third-order valence-corrected chi connectivity index (χ3v) is 8.15. The number of likely N-dealkylation sites (N-methyl/N-ethyl adjacent to an activating group) is 1. The van der Waals surface area contributed by atoms with Gasteiger partial charge in [0.05, 0.1) is 17.1 Å². The van der Waals surface area contributed by atoms with Crippen LogP contribution in [0.5, 0.6) is 11.5 Å². The smallest absolute Gasteiger partial charge is 0.165 e. The molecular weight excluding hydrogens is 344 g/mol. The van der Waals surface area contributed by atoms with Gasteiger partial charge < -0.3 is 25.4 Å². The van der Waals surface area contributed by atoms with Crippen LogP contribution in [-0.4, -0.2) is 70.2 Å². The number of ether oxygens (including phenoxy) is 1. The standard InChI is InChI=1S/C21H28N2O4/c1-22-13-6-7-20(26)15-8-12-4-5-14(24)18-17(12)21(20,19(13)27-18)16(25)10-23(15)9-11-2-3-11/h4-5,11,13,15-16,19,22,24-26H,2-3,6-10H2,1H3/t13-,15-,16?,19+,20-,21+/m1/s1. The fourth-order valence-corrected chi connectivity index (χ4v) is 6.83. The van der Waals surface area contributed by atoms with E-state index in [4.69, 9.17) is 4.74 Å². The molecule has 2 aliphatic heterocycles. The number of likely N-dealkylation sites (tertiary alicyclic amines) is 1. The van der Waals surface area contributed by atoms with Crippen molar-refractivity contribution in [2.24, 2.45) is 5.92 Å². The molecule has 5 aliphatic rings. The Morgan fingerprint density at radius 2 is 2.11 bits per heavy atom. The number of phenolic OH excluding ortho intramolecular Hbond substituents is 1. The predicted molar refractivity (Wildman–Crippen MR) is 99.0 cm³/mol. The Bertz CT molecular complexity index is 812. The average molecular weight is 372 g/mol. The van der Waals surface area contributed by atoms with Crippen molar-refractivity contribution in [1.82, 2.24) is 10.2 Å². The molecule has 1 spiro atoms. The fourth-order valence-electron chi connectivity index (χ4n) is 6.83. The lowest BCUT2D eigenvalue weighted by Crippen LogP contribution is -2.82. The van der Waals surface area contributed by atoms with Crippen molar-refractivity contribution in [3.8, 4) is 11.5 Å². The second kappa shape index (κ2) is 5.17. The summed E-state index contributed by atoms with van der Waals surface area (Å²) >= 11 is 0. The summed E-state index contributed by atoms with van der Waals surface area (Å²) < 4.78 is 6.33. The van der Waals surface area contributed by atoms with Gasteiger partial charge in [-0.05, 0) is 56.7 Å². The molecular formula is C21H28N2O4. The minimum atomic E-state index is -1.04. The minimum absolute atomic E-state index is 0.00611. The van der Waals surface area contributed by atoms with Gasteiger partial charge in [0.2, 0.25) is 0 Å². The van der Waals surface area contributed by atoms with E-state index in [9.17, 15) is 15.3 Å². The number of nitrogens with zero attached hydrogens (tertiary/aromatic N) is 1. The lowest BCUT2D eigenvalue weighted by atomic mass is 9.47. The number of piperidine rings is 1. The highest BCUT2D eigenvalue weighted by Crippen LogP contribution is 2.65. The number of rotatable bonds is 3. The summed E-state index contributed by atoms with van der Waals surface area (Å²) in [6.07, 6.45) is 3.60. The first-order valence-electron chi connectivity index (χ1n) is 10.3. The largest absolute Gasteiger partial charge is 0.504 e. The van der Waals surface area contributed by atoms with Gasteiger partial charge in [-0.15, -0.1) is 0 Å². The highest BCUT2D eigenvalue weighted by Gasteiger charge is 2.76. The number of hydrogen-bond donors (Lipinski definition) is 4. The van der Waals surface area contributed by atoms with E-state index in [-0.39, 0.29) is 23.9 Å². The summed E-state index contributed by atoms with van der Waals surface area (Å²) in [5, 5.41) is 37.6. The summed E-state index contributed by atoms with van der Waals surface area (Å²) in [7, 11) is 1.91. The topological polar surface area (TPSA) is 85.2 Å². The summed E-state index contributed by atoms with van der Waals surface area (Å²) in [6.45, 7) is 1.52. The number of aromatic hydroxyl groups is 1. The van der Waals surface area contributed by atoms with Gasteiger partial charge >= 0.3 is 0 Å². The molecule has 0 aromatic heterocycles. The van der Waals surface area contributed by atoms with E-state index in [2.05, 4.69) is 10.2 Å². The van der Waals surface area contributed by atoms with Gasteiger partial charge in [0.15, 0.2) is 11.5 Å². The van der Waals surface area contributed by atoms with E-state index >= 15 is 0 Å². The molecule has 146 valence electrons. The van der Waals surface area contributed by atoms with Crippen LogP contribution < -0.4 is 10.1 Å². The fraction of sp³-hybridized carbons (Fsp3) is 0.714. The first-order valence-corrected chi connectivity index (χ1v) is 10.3. The van der Waals surface area contributed by atoms with Crippen molar-refractivity contribution < 1.29 is 20.1 Å². The predicted octanol–water partition coefficient (Wildman–Crippen LogP) is 0.515. The molecule has 6 nitrogen and oxygen atoms in total. The van der Waals surface area contributed by atoms with E-state index in [0.29, 0.717) is 24.6 Å². The van der Waals surface area contributed by atoms with Crippen LogP contribution in [0.4, 0.5) is 0 Å². The first-order chi connectivity index (χ1) is 13.0. The summed E-state index contributed by atoms with van der Waals surface area (Å²) in [5.74, 6) is 1.29. The number of phenols is 1. The zero-order valence-electron chi connectivity index (χ0n) is 15.7. The Labute approximate surface area is 159 Å². The summed E-state index contributed by atoms with van der Waals surface area (Å²) in [4.78, 5) is 2.35. The quantitative estimate of drug-likeness (QED) is 0.619. The Morgan fingerprint density at radius 3 is 2.85 bits per heavy atom. The SMILES string of the molecule is CN[C@@H]1CC[C@@]2(O)[C@H]3Cc4ccc(O)c5c4[C@@]2(C(O)CN3CC2CC2)[C@H]1O5. The van der Waals surface area contributed by atoms with Crippen LogP contribution >= 0.6 is 0 Å². The Balaban J connectivity index is 1.59. The van der Waals surface area contributed by atoms with Gasteiger partial charge in [0, 0.05) is 30.7 Å². The van der Waals surface area contributed by atoms with Gasteiger partial charge in [-0.3, -0.25) is 4.90 Å². The molecule has 0 amide bonds. The van der Waals surface area contributed by atoms with E-state index in [1.807, 2.05) is 13.1 Å². The van der Waals surface area contributed by atoms with Gasteiger partial charge in [-0.25, -0.2) is 0 Å². The molecule has 3 aliphatic carbocycles. The zero-order valence-corrected chi connectivity index (χ0v) is 15.7. The number of β-amino-alcohol motifs (C(OH)–C–C–N with tert-alkyl or cyclic N) is 1. The number of aliphatic hydroxyl groups is 2. The number of hydrogen-bond acceptors (Lipinski definition) is 6. The molecule has 6 heteroatoms. The molecule has 6 rings (SSSR count). The molecule has 0 radical (unpaired) electrons. The van der Waals surface area contributed by atoms with Crippen LogP contribution in [0.3, 0.4) is 0 Å². The van der Waals surface area contributed by atoms with Gasteiger partial charge in [0.25, 0.3) is 0 Å². The molecule has 1 aromatic rings. The number of aliphatic hydroxyl groups excluding tert-OH is 1. The van der Waals surface area contributed by atoms with Crippen LogP contribution in [0.25, 0.3) is 0 Å². The highest BCUT2D eigenvalue weighted by molar-refractivity contribution is 5.63. The van der Waals surface area contributed by atoms with Crippen LogP contribution in [-0.2, 0) is 11.8 Å². The molecule has 4 N–H and O–H groups in total. The maximum atomic E-state index is 12.2. The van der Waals surface area contributed by atoms with E-state index in [1.54, 1.807) is 6.07 Å². The lowest BCUT2D eigenvalue weighted by molar-refractivity contribution is -0.230. The van der Waals surface area contributed by atoms with Crippen molar-refractivity contribution in [1.29, 1.82) is 0 Å². The van der Waals surface area contributed by atoms with Crippen LogP contribution in [0.2, 0.25) is 0 Å². The molecule has 27 heavy (non-hydrogen) atoms. The minimum Gasteiger partial charge on any atom is -0.504 e. The van der Waals surface area contributed by atoms with Crippen molar-refractivity contribution in [2.45, 2.75) is 67.4 Å². The van der Waals surface area contributed by atoms with Crippen molar-refractivity contribution in [3.63, 3.8) is 0 Å². The van der Waals surface area contributed by atoms with Crippen LogP contribution in [0.1, 0.15) is 36.8 Å². The average Bonchev–Trinajstić information content (AvgIpc) is 3.37. The molecule has 2 bridgehead atoms. The second-order valence-electron chi connectivity index (χ2n) is 9.35. The third-order valence-electron chi connectivity index (χ3n) is 8.15. The van der Waals surface area contributed by atoms with E-state index in [1.165, 1.54) is 12.8 Å². The summed E-state index contributed by atoms with van der Waals surface area (Å²) in [5.41, 5.74) is 0.0654. The van der Waals surface area contributed by atoms with E-state index in [0.717, 1.165) is 30.5 Å². The van der Waals surface area contributed by atoms with E-state index < -0.39 is 17.1 Å². The van der Waals surface area contributed by atoms with Gasteiger partial charge in [-0.2, -0.15) is 0 Å². The zero-order chi connectivity index (χ0) is 18.6. The highest BCUT2D eigenvalue weighted by atomic mass is 16.5. The van der Waals surface area contributed by atoms with Crippen molar-refractivity contribution in [3.05, 3.63) is 23.3 Å². The number of benzene rings is 1. The third kappa shape index (κ3) is 1.81. The Kier molecular flexibility index (Phi) is 3.18. The first kappa shape index (κ1) is 16.6. The molecule has 6 atom stereocenters. The Morgan fingerprint density at radius 1 is 1.30 bits per heavy atom. The van der Waals surface area contributed by atoms with Crippen molar-refractivity contribution >= 4 is 0 Å². The molecule has 2 saturated carbocycles. The van der Waals surface area contributed by atoms with Crippen LogP contribution in [0, 0.1) is 5.92 Å². The second-order valence-corrected chi connectivity index (χ2v) is 9.35. The monoisotopic (exact) mass is 372 g/mol. The van der Waals surface area contributed by atoms with Gasteiger partial charge in [0.1, 0.15) is 6.10 Å². The lowest BCUT2D eigenvalue weighted by Gasteiger charge is -2.65. The normalized spacial score (nSPS) is 44.7. The number of nitrogens with one attached hydrogen (secondary N) is 1. The van der Waals surface area contributed by atoms with Crippen molar-refractivity contribution in [2.75, 3.05) is 20.1 Å². The maximum absolute atomic E-state index is 12.2. The maximum Gasteiger partial charge on any atom is 0.165 e. The molecule has 3 fully saturated rings. The molecule has 1 unspecified atom stereocenters. The molecule has 1 saturated heterocycles. The van der Waals surface area contributed by atoms with Crippen LogP contribution in [0.15, 0.2) is 12.1 Å². The Hall–Kier alpha value is -1.34. The molecule has 1 aromatic carbocycles.